The average molecular weight is 273 g/mol. The third-order valence-corrected chi connectivity index (χ3v) is 4.24. The van der Waals surface area contributed by atoms with Gasteiger partial charge in [0.25, 0.3) is 5.91 Å². The van der Waals surface area contributed by atoms with Gasteiger partial charge in [-0.3, -0.25) is 4.79 Å². The molecule has 5 heteroatoms. The maximum absolute atomic E-state index is 13.1. The Morgan fingerprint density at radius 2 is 1.80 bits per heavy atom. The maximum Gasteiger partial charge on any atom is 0.253 e. The van der Waals surface area contributed by atoms with E-state index in [1.54, 1.807) is 12.1 Å². The number of nitrogens with two attached hydrogens (primary N) is 2. The normalized spacial score (nSPS) is 30.4. The Bertz CT molecular complexity index is 590. The van der Waals surface area contributed by atoms with E-state index in [-0.39, 0.29) is 35.4 Å². The van der Waals surface area contributed by atoms with Crippen molar-refractivity contribution in [3.8, 4) is 0 Å². The Labute approximate surface area is 116 Å². The molecule has 4 N–H and O–H groups in total. The highest BCUT2D eigenvalue weighted by molar-refractivity contribution is 5.93. The summed E-state index contributed by atoms with van der Waals surface area (Å²) in [5.74, 6) is -0.520. The summed E-state index contributed by atoms with van der Waals surface area (Å²) in [6.07, 6.45) is 5.13. The minimum atomic E-state index is -0.281. The molecule has 2 bridgehead atoms. The Balaban J connectivity index is 1.95. The maximum atomic E-state index is 13.1. The second-order valence-corrected chi connectivity index (χ2v) is 5.43. The Kier molecular flexibility index (Phi) is 3.04. The van der Waals surface area contributed by atoms with Crippen LogP contribution in [0.2, 0.25) is 0 Å². The van der Waals surface area contributed by atoms with Crippen molar-refractivity contribution >= 4 is 11.9 Å². The molecule has 1 amide bonds. The predicted molar refractivity (Wildman–Crippen MR) is 74.2 cm³/mol. The fourth-order valence-corrected chi connectivity index (χ4v) is 3.50. The molecule has 0 spiro atoms. The fourth-order valence-electron chi connectivity index (χ4n) is 3.50. The van der Waals surface area contributed by atoms with Crippen molar-refractivity contribution in [3.05, 3.63) is 47.8 Å². The number of halogens is 1. The van der Waals surface area contributed by atoms with Gasteiger partial charge in [0, 0.05) is 5.92 Å². The van der Waals surface area contributed by atoms with Gasteiger partial charge >= 0.3 is 0 Å². The van der Waals surface area contributed by atoms with Crippen LogP contribution in [0.5, 0.6) is 0 Å². The summed E-state index contributed by atoms with van der Waals surface area (Å²) < 4.78 is 13.1. The van der Waals surface area contributed by atoms with Crippen LogP contribution in [0.3, 0.4) is 0 Å². The number of amides is 1. The van der Waals surface area contributed by atoms with Gasteiger partial charge < -0.3 is 11.5 Å². The first-order valence-corrected chi connectivity index (χ1v) is 6.63. The number of rotatable bonds is 2. The van der Waals surface area contributed by atoms with Crippen LogP contribution < -0.4 is 11.5 Å². The zero-order chi connectivity index (χ0) is 14.3. The van der Waals surface area contributed by atoms with Crippen molar-refractivity contribution in [2.45, 2.75) is 12.3 Å². The van der Waals surface area contributed by atoms with Crippen molar-refractivity contribution < 1.29 is 9.18 Å². The van der Waals surface area contributed by atoms with Crippen molar-refractivity contribution in [1.29, 1.82) is 0 Å². The van der Waals surface area contributed by atoms with Crippen LogP contribution >= 0.6 is 0 Å². The molecule has 0 heterocycles. The van der Waals surface area contributed by atoms with Gasteiger partial charge in [0.05, 0.1) is 5.92 Å². The van der Waals surface area contributed by atoms with Gasteiger partial charge in [-0.15, -0.1) is 0 Å². The number of carbonyl (C=O) groups excluding carboxylic acids is 1. The Morgan fingerprint density at radius 1 is 1.15 bits per heavy atom. The van der Waals surface area contributed by atoms with E-state index in [1.165, 1.54) is 12.1 Å². The molecular formula is C15H16FN3O. The Morgan fingerprint density at radius 3 is 2.45 bits per heavy atom. The van der Waals surface area contributed by atoms with Crippen molar-refractivity contribution in [1.82, 2.24) is 0 Å². The largest absolute Gasteiger partial charge is 0.370 e. The molecular weight excluding hydrogens is 257 g/mol. The fraction of sp³-hybridized carbons (Fsp3) is 0.333. The van der Waals surface area contributed by atoms with Crippen LogP contribution in [0.4, 0.5) is 4.39 Å². The monoisotopic (exact) mass is 273 g/mol. The van der Waals surface area contributed by atoms with Gasteiger partial charge in [-0.25, -0.2) is 4.39 Å². The summed E-state index contributed by atoms with van der Waals surface area (Å²) in [6, 6.07) is 6.33. The topological polar surface area (TPSA) is 81.5 Å². The van der Waals surface area contributed by atoms with Gasteiger partial charge in [-0.05, 0) is 36.0 Å². The van der Waals surface area contributed by atoms with Crippen LogP contribution in [-0.2, 0) is 4.79 Å². The quantitative estimate of drug-likeness (QED) is 0.487. The van der Waals surface area contributed by atoms with E-state index < -0.39 is 0 Å². The van der Waals surface area contributed by atoms with Gasteiger partial charge in [0.15, 0.2) is 5.96 Å². The third-order valence-electron chi connectivity index (χ3n) is 4.24. The van der Waals surface area contributed by atoms with Crippen LogP contribution in [0, 0.1) is 23.6 Å². The molecule has 4 unspecified atom stereocenters. The van der Waals surface area contributed by atoms with Crippen molar-refractivity contribution in [2.75, 3.05) is 0 Å². The molecule has 4 nitrogen and oxygen atoms in total. The minimum Gasteiger partial charge on any atom is -0.370 e. The van der Waals surface area contributed by atoms with E-state index in [9.17, 15) is 9.18 Å². The van der Waals surface area contributed by atoms with E-state index in [0.29, 0.717) is 5.92 Å². The van der Waals surface area contributed by atoms with Crippen LogP contribution in [-0.4, -0.2) is 11.9 Å². The highest BCUT2D eigenvalue weighted by atomic mass is 19.1. The van der Waals surface area contributed by atoms with Crippen molar-refractivity contribution in [2.24, 2.45) is 34.2 Å². The zero-order valence-corrected chi connectivity index (χ0v) is 10.9. The number of aliphatic imine (C=N–C) groups is 1. The molecule has 0 saturated heterocycles. The van der Waals surface area contributed by atoms with Gasteiger partial charge in [0.1, 0.15) is 5.82 Å². The molecule has 20 heavy (non-hydrogen) atoms. The second-order valence-electron chi connectivity index (χ2n) is 5.43. The average Bonchev–Trinajstić information content (AvgIpc) is 2.99. The zero-order valence-electron chi connectivity index (χ0n) is 10.9. The SMILES string of the molecule is NC(N)=NC(=O)C1C2C=CC(C2)C1c1ccc(F)cc1. The van der Waals surface area contributed by atoms with E-state index >= 15 is 0 Å². The predicted octanol–water partition coefficient (Wildman–Crippen LogP) is 1.53. The highest BCUT2D eigenvalue weighted by Crippen LogP contribution is 2.53. The Hall–Kier alpha value is -2.17. The molecule has 0 aromatic heterocycles. The summed E-state index contributed by atoms with van der Waals surface area (Å²) in [6.45, 7) is 0. The van der Waals surface area contributed by atoms with E-state index in [1.807, 2.05) is 0 Å². The highest BCUT2D eigenvalue weighted by Gasteiger charge is 2.48. The molecule has 1 aromatic rings. The number of allylic oxidation sites excluding steroid dienone is 2. The van der Waals surface area contributed by atoms with Crippen LogP contribution in [0.15, 0.2) is 41.4 Å². The van der Waals surface area contributed by atoms with Gasteiger partial charge in [-0.1, -0.05) is 24.3 Å². The number of guanidine groups is 1. The first-order chi connectivity index (χ1) is 9.56. The lowest BCUT2D eigenvalue weighted by Crippen LogP contribution is -2.30. The lowest BCUT2D eigenvalue weighted by Gasteiger charge is -2.26. The molecule has 0 radical (unpaired) electrons. The molecule has 4 atom stereocenters. The van der Waals surface area contributed by atoms with Crippen molar-refractivity contribution in [3.63, 3.8) is 0 Å². The number of benzene rings is 1. The molecule has 1 aromatic carbocycles. The van der Waals surface area contributed by atoms with E-state index in [0.717, 1.165) is 12.0 Å². The second kappa shape index (κ2) is 4.74. The third kappa shape index (κ3) is 2.09. The van der Waals surface area contributed by atoms with Crippen LogP contribution in [0.25, 0.3) is 0 Å². The molecule has 0 aliphatic heterocycles. The first kappa shape index (κ1) is 12.8. The molecule has 104 valence electrons. The molecule has 2 aliphatic carbocycles. The van der Waals surface area contributed by atoms with E-state index in [4.69, 9.17) is 11.5 Å². The summed E-state index contributed by atoms with van der Waals surface area (Å²) >= 11 is 0. The van der Waals surface area contributed by atoms with Gasteiger partial charge in [0.2, 0.25) is 0 Å². The number of hydrogen-bond acceptors (Lipinski definition) is 1. The molecule has 2 aliphatic rings. The molecule has 1 fully saturated rings. The summed E-state index contributed by atoms with van der Waals surface area (Å²) in [7, 11) is 0. The summed E-state index contributed by atoms with van der Waals surface area (Å²) in [5.41, 5.74) is 11.6. The van der Waals surface area contributed by atoms with Crippen LogP contribution in [0.1, 0.15) is 17.9 Å². The molecule has 3 rings (SSSR count). The number of hydrogen-bond donors (Lipinski definition) is 2. The number of fused-ring (bicyclic) bond motifs is 2. The smallest absolute Gasteiger partial charge is 0.253 e. The van der Waals surface area contributed by atoms with Gasteiger partial charge in [-0.2, -0.15) is 4.99 Å². The standard InChI is InChI=1S/C15H16FN3O/c16-11-5-3-8(4-6-11)12-9-1-2-10(7-9)13(12)14(20)19-15(17)18/h1-6,9-10,12-13H,7H2,(H4,17,18,19,20). The lowest BCUT2D eigenvalue weighted by atomic mass is 9.78. The minimum absolute atomic E-state index is 0.0289. The number of carbonyl (C=O) groups is 1. The first-order valence-electron chi connectivity index (χ1n) is 6.63. The summed E-state index contributed by atoms with van der Waals surface area (Å²) in [5, 5.41) is 0. The number of nitrogens with zero attached hydrogens (tertiary/aromatic N) is 1. The summed E-state index contributed by atoms with van der Waals surface area (Å²) in [4.78, 5) is 15.9. The molecule has 1 saturated carbocycles. The van der Waals surface area contributed by atoms with E-state index in [2.05, 4.69) is 17.1 Å². The lowest BCUT2D eigenvalue weighted by molar-refractivity contribution is -0.122.